The predicted molar refractivity (Wildman–Crippen MR) is 46.9 cm³/mol. The van der Waals surface area contributed by atoms with Gasteiger partial charge in [0, 0.05) is 18.9 Å². The first-order valence-electron chi connectivity index (χ1n) is 3.89. The van der Waals surface area contributed by atoms with Crippen LogP contribution in [0.3, 0.4) is 0 Å². The van der Waals surface area contributed by atoms with Gasteiger partial charge in [0.25, 0.3) is 0 Å². The minimum atomic E-state index is -1.07. The summed E-state index contributed by atoms with van der Waals surface area (Å²) >= 11 is 5.69. The molecule has 0 spiro atoms. The molecule has 5 nitrogen and oxygen atoms in total. The van der Waals surface area contributed by atoms with Gasteiger partial charge in [0.1, 0.15) is 5.54 Å². The largest absolute Gasteiger partial charge is 1.00 e. The lowest BCUT2D eigenvalue weighted by molar-refractivity contribution is -0.814. The number of urea groups is 1. The maximum Gasteiger partial charge on any atom is 0.435 e. The Bertz CT molecular complexity index is 249. The Morgan fingerprint density at radius 3 is 2.07 bits per heavy atom. The van der Waals surface area contributed by atoms with Crippen LogP contribution in [0.1, 0.15) is 20.8 Å². The molecule has 1 fully saturated rings. The van der Waals surface area contributed by atoms with Gasteiger partial charge in [-0.05, 0) is 20.8 Å². The van der Waals surface area contributed by atoms with Crippen LogP contribution in [0.15, 0.2) is 0 Å². The second-order valence-electron chi connectivity index (χ2n) is 3.73. The molecule has 0 aromatic carbocycles. The molecule has 0 aliphatic carbocycles. The van der Waals surface area contributed by atoms with E-state index in [0.717, 1.165) is 4.42 Å². The molecule has 0 aromatic heterocycles. The molecular formula is C7H13Cl2N2O3-. The zero-order chi connectivity index (χ0) is 10.4. The maximum absolute atomic E-state index is 11.5. The number of carbonyl (C=O) groups is 1. The van der Waals surface area contributed by atoms with E-state index in [0.29, 0.717) is 0 Å². The second kappa shape index (κ2) is 3.83. The number of rotatable bonds is 1. The van der Waals surface area contributed by atoms with Crippen molar-refractivity contribution in [1.29, 1.82) is 0 Å². The Morgan fingerprint density at radius 1 is 1.50 bits per heavy atom. The molecule has 2 atom stereocenters. The summed E-state index contributed by atoms with van der Waals surface area (Å²) in [6.07, 6.45) is 0. The number of nitrogens with one attached hydrogen (secondary N) is 1. The van der Waals surface area contributed by atoms with E-state index in [1.807, 2.05) is 0 Å². The van der Waals surface area contributed by atoms with E-state index in [2.05, 4.69) is 0 Å². The van der Waals surface area contributed by atoms with Crippen molar-refractivity contribution in [2.75, 3.05) is 7.11 Å². The molecule has 0 bridgehead atoms. The minimum absolute atomic E-state index is 0. The molecule has 1 N–H and O–H groups in total. The molecule has 2 amide bonds. The van der Waals surface area contributed by atoms with Crippen LogP contribution in [0.5, 0.6) is 0 Å². The summed E-state index contributed by atoms with van der Waals surface area (Å²) in [5.41, 5.74) is -1.98. The van der Waals surface area contributed by atoms with Gasteiger partial charge in [0.15, 0.2) is 0 Å². The van der Waals surface area contributed by atoms with E-state index >= 15 is 0 Å². The number of quaternary nitrogens is 1. The Balaban J connectivity index is 0.00000169. The Hall–Kier alpha value is -0.0700. The number of carbonyl (C=O) groups excluding carboxylic acids is 1. The highest BCUT2D eigenvalue weighted by molar-refractivity contribution is 6.21. The normalized spacial score (nSPS) is 35.7. The summed E-state index contributed by atoms with van der Waals surface area (Å²) in [6, 6.07) is -0.712. The first kappa shape index (κ1) is 13.9. The van der Waals surface area contributed by atoms with Crippen LogP contribution < -0.4 is 17.5 Å². The number of ether oxygens (including phenoxy) is 1. The molecule has 1 saturated heterocycles. The van der Waals surface area contributed by atoms with Crippen molar-refractivity contribution in [2.24, 2.45) is 0 Å². The SMILES string of the molecule is COC1(C)N(Cl)C(=O)[NH+]([O-])C1(C)C.[Cl-]. The molecule has 14 heavy (non-hydrogen) atoms. The molecule has 2 unspecified atom stereocenters. The van der Waals surface area contributed by atoms with Crippen molar-refractivity contribution in [3.8, 4) is 0 Å². The van der Waals surface area contributed by atoms with Gasteiger partial charge in [-0.25, -0.2) is 4.79 Å². The fourth-order valence-electron chi connectivity index (χ4n) is 1.34. The topological polar surface area (TPSA) is 57.0 Å². The number of amides is 2. The number of hydrogen-bond acceptors (Lipinski definition) is 3. The minimum Gasteiger partial charge on any atom is -1.00 e. The summed E-state index contributed by atoms with van der Waals surface area (Å²) in [5.74, 6) is 0. The molecule has 0 saturated carbocycles. The van der Waals surface area contributed by atoms with Crippen molar-refractivity contribution in [2.45, 2.75) is 32.0 Å². The molecule has 1 aliphatic rings. The fourth-order valence-corrected chi connectivity index (χ4v) is 1.70. The van der Waals surface area contributed by atoms with Gasteiger partial charge in [-0.2, -0.15) is 4.42 Å². The number of nitrogens with zero attached hydrogens (tertiary/aromatic N) is 1. The second-order valence-corrected chi connectivity index (χ2v) is 4.07. The Kier molecular flexibility index (Phi) is 3.81. The molecule has 1 aliphatic heterocycles. The third-order valence-corrected chi connectivity index (χ3v) is 3.35. The van der Waals surface area contributed by atoms with Crippen molar-refractivity contribution < 1.29 is 27.0 Å². The van der Waals surface area contributed by atoms with Crippen LogP contribution in [-0.2, 0) is 4.74 Å². The predicted octanol–water partition coefficient (Wildman–Crippen LogP) is -2.90. The Morgan fingerprint density at radius 2 is 1.93 bits per heavy atom. The molecule has 84 valence electrons. The van der Waals surface area contributed by atoms with Crippen LogP contribution in [-0.4, -0.2) is 28.8 Å². The van der Waals surface area contributed by atoms with Crippen LogP contribution in [0.4, 0.5) is 4.79 Å². The number of hydrogen-bond donors (Lipinski definition) is 1. The van der Waals surface area contributed by atoms with Crippen LogP contribution in [0.2, 0.25) is 0 Å². The molecule has 1 rings (SSSR count). The zero-order valence-electron chi connectivity index (χ0n) is 8.43. The average Bonchev–Trinajstić information content (AvgIpc) is 2.20. The molecular weight excluding hydrogens is 231 g/mol. The molecule has 7 heteroatoms. The van der Waals surface area contributed by atoms with Crippen LogP contribution >= 0.6 is 11.8 Å². The average molecular weight is 244 g/mol. The van der Waals surface area contributed by atoms with Gasteiger partial charge in [0.2, 0.25) is 5.72 Å². The van der Waals surface area contributed by atoms with Gasteiger partial charge in [0.05, 0.1) is 0 Å². The van der Waals surface area contributed by atoms with Crippen molar-refractivity contribution in [1.82, 2.24) is 4.42 Å². The summed E-state index contributed by atoms with van der Waals surface area (Å²) in [4.78, 5) is 11.3. The van der Waals surface area contributed by atoms with E-state index in [1.54, 1.807) is 20.8 Å². The van der Waals surface area contributed by atoms with E-state index in [1.165, 1.54) is 7.11 Å². The van der Waals surface area contributed by atoms with Crippen molar-refractivity contribution in [3.05, 3.63) is 5.21 Å². The number of halogens is 2. The highest BCUT2D eigenvalue weighted by atomic mass is 35.5. The molecule has 0 aromatic rings. The number of methoxy groups -OCH3 is 1. The first-order chi connectivity index (χ1) is 5.79. The van der Waals surface area contributed by atoms with Crippen molar-refractivity contribution in [3.63, 3.8) is 0 Å². The van der Waals surface area contributed by atoms with Crippen molar-refractivity contribution >= 4 is 17.8 Å². The summed E-state index contributed by atoms with van der Waals surface area (Å²) in [7, 11) is 1.42. The monoisotopic (exact) mass is 243 g/mol. The first-order valence-corrected chi connectivity index (χ1v) is 4.22. The van der Waals surface area contributed by atoms with Crippen LogP contribution in [0, 0.1) is 5.21 Å². The summed E-state index contributed by atoms with van der Waals surface area (Å²) in [5, 5.41) is 10.9. The van der Waals surface area contributed by atoms with Crippen LogP contribution in [0.25, 0.3) is 0 Å². The third-order valence-electron chi connectivity index (χ3n) is 2.87. The Labute approximate surface area is 94.0 Å². The van der Waals surface area contributed by atoms with Gasteiger partial charge in [-0.3, -0.25) is 5.06 Å². The third kappa shape index (κ3) is 1.40. The highest BCUT2D eigenvalue weighted by Gasteiger charge is 2.62. The lowest BCUT2D eigenvalue weighted by atomic mass is 9.94. The lowest BCUT2D eigenvalue weighted by Gasteiger charge is -2.37. The highest BCUT2D eigenvalue weighted by Crippen LogP contribution is 2.32. The van der Waals surface area contributed by atoms with Gasteiger partial charge < -0.3 is 22.4 Å². The van der Waals surface area contributed by atoms with E-state index in [9.17, 15) is 10.0 Å². The summed E-state index contributed by atoms with van der Waals surface area (Å²) in [6.45, 7) is 4.89. The van der Waals surface area contributed by atoms with Gasteiger partial charge in [-0.15, -0.1) is 0 Å². The standard InChI is InChI=1S/C7H13ClN2O3.ClH/c1-6(2)7(3,13-4)9(8)5(11)10(6)12;/h10H,1-4H3;1H/p-1. The number of hydroxylamine groups is 2. The maximum atomic E-state index is 11.5. The quantitative estimate of drug-likeness (QED) is 0.398. The van der Waals surface area contributed by atoms with Gasteiger partial charge >= 0.3 is 6.03 Å². The van der Waals surface area contributed by atoms with Gasteiger partial charge in [-0.1, -0.05) is 0 Å². The fraction of sp³-hybridized carbons (Fsp3) is 0.857. The molecule has 1 heterocycles. The smallest absolute Gasteiger partial charge is 0.435 e. The molecule has 0 radical (unpaired) electrons. The zero-order valence-corrected chi connectivity index (χ0v) is 9.94. The lowest BCUT2D eigenvalue weighted by Crippen LogP contribution is -3.16. The van der Waals surface area contributed by atoms with E-state index in [4.69, 9.17) is 16.5 Å². The van der Waals surface area contributed by atoms with E-state index < -0.39 is 22.4 Å². The summed E-state index contributed by atoms with van der Waals surface area (Å²) < 4.78 is 5.95. The van der Waals surface area contributed by atoms with E-state index in [-0.39, 0.29) is 12.4 Å².